The minimum atomic E-state index is -0.374. The van der Waals surface area contributed by atoms with E-state index in [4.69, 9.17) is 28.4 Å². The number of primary amides is 1. The standard InChI is InChI=1S/C9H15N3O2S/c1-14-7-3-2-5(12-9(11)15)4-6(7)8(10)13/h2-3,5-7H,4H2,1H3,(H2,10,13)(H3,11,12,15). The lowest BCUT2D eigenvalue weighted by Crippen LogP contribution is -2.45. The molecule has 84 valence electrons. The zero-order chi connectivity index (χ0) is 11.4. The fourth-order valence-electron chi connectivity index (χ4n) is 1.67. The molecule has 3 atom stereocenters. The van der Waals surface area contributed by atoms with E-state index in [0.717, 1.165) is 0 Å². The van der Waals surface area contributed by atoms with Crippen LogP contribution in [0.15, 0.2) is 12.2 Å². The van der Waals surface area contributed by atoms with Crippen LogP contribution in [0.1, 0.15) is 6.42 Å². The SMILES string of the molecule is COC1C=CC(NC(N)=S)CC1C(N)=O. The van der Waals surface area contributed by atoms with Crippen LogP contribution in [0.4, 0.5) is 0 Å². The van der Waals surface area contributed by atoms with Gasteiger partial charge in [0.1, 0.15) is 0 Å². The van der Waals surface area contributed by atoms with Crippen molar-refractivity contribution in [3.8, 4) is 0 Å². The maximum absolute atomic E-state index is 11.2. The molecule has 0 bridgehead atoms. The van der Waals surface area contributed by atoms with Gasteiger partial charge in [-0.05, 0) is 18.6 Å². The highest BCUT2D eigenvalue weighted by atomic mass is 32.1. The molecule has 0 spiro atoms. The van der Waals surface area contributed by atoms with Crippen molar-refractivity contribution in [2.45, 2.75) is 18.6 Å². The Morgan fingerprint density at radius 2 is 2.20 bits per heavy atom. The van der Waals surface area contributed by atoms with E-state index in [1.54, 1.807) is 13.2 Å². The van der Waals surface area contributed by atoms with Crippen LogP contribution >= 0.6 is 12.2 Å². The number of hydrogen-bond acceptors (Lipinski definition) is 3. The molecule has 1 rings (SSSR count). The van der Waals surface area contributed by atoms with Crippen molar-refractivity contribution in [1.29, 1.82) is 0 Å². The summed E-state index contributed by atoms with van der Waals surface area (Å²) in [6.07, 6.45) is 3.97. The first kappa shape index (κ1) is 11.9. The van der Waals surface area contributed by atoms with Crippen LogP contribution in [-0.2, 0) is 9.53 Å². The molecule has 5 N–H and O–H groups in total. The smallest absolute Gasteiger partial charge is 0.223 e. The van der Waals surface area contributed by atoms with Crippen LogP contribution in [-0.4, -0.2) is 30.3 Å². The molecule has 0 radical (unpaired) electrons. The quantitative estimate of drug-likeness (QED) is 0.438. The van der Waals surface area contributed by atoms with Gasteiger partial charge in [0.2, 0.25) is 5.91 Å². The number of carbonyl (C=O) groups excluding carboxylic acids is 1. The molecule has 0 aromatic carbocycles. The summed E-state index contributed by atoms with van der Waals surface area (Å²) in [5.74, 6) is -0.715. The normalized spacial score (nSPS) is 29.8. The van der Waals surface area contributed by atoms with Gasteiger partial charge in [0, 0.05) is 13.2 Å². The fourth-order valence-corrected chi connectivity index (χ4v) is 1.83. The molecule has 0 fully saturated rings. The number of carbonyl (C=O) groups is 1. The third kappa shape index (κ3) is 3.17. The summed E-state index contributed by atoms with van der Waals surface area (Å²) in [5.41, 5.74) is 10.6. The Morgan fingerprint density at radius 1 is 1.53 bits per heavy atom. The summed E-state index contributed by atoms with van der Waals surface area (Å²) in [4.78, 5) is 11.2. The molecular formula is C9H15N3O2S. The fraction of sp³-hybridized carbons (Fsp3) is 0.556. The third-order valence-corrected chi connectivity index (χ3v) is 2.52. The van der Waals surface area contributed by atoms with Crippen molar-refractivity contribution in [1.82, 2.24) is 5.32 Å². The Bertz CT molecular complexity index is 293. The van der Waals surface area contributed by atoms with Crippen LogP contribution in [0.5, 0.6) is 0 Å². The van der Waals surface area contributed by atoms with E-state index < -0.39 is 0 Å². The number of ether oxygens (including phenoxy) is 1. The van der Waals surface area contributed by atoms with Crippen LogP contribution < -0.4 is 16.8 Å². The molecule has 1 aliphatic carbocycles. The zero-order valence-electron chi connectivity index (χ0n) is 8.47. The molecule has 5 nitrogen and oxygen atoms in total. The van der Waals surface area contributed by atoms with Crippen molar-refractivity contribution in [2.75, 3.05) is 7.11 Å². The van der Waals surface area contributed by atoms with Gasteiger partial charge in [0.25, 0.3) is 0 Å². The average Bonchev–Trinajstić information content (AvgIpc) is 2.16. The molecule has 0 aromatic rings. The molecule has 1 amide bonds. The second kappa shape index (κ2) is 5.09. The molecule has 15 heavy (non-hydrogen) atoms. The van der Waals surface area contributed by atoms with Gasteiger partial charge in [-0.15, -0.1) is 0 Å². The highest BCUT2D eigenvalue weighted by molar-refractivity contribution is 7.80. The Balaban J connectivity index is 2.69. The topological polar surface area (TPSA) is 90.4 Å². The van der Waals surface area contributed by atoms with Gasteiger partial charge in [-0.3, -0.25) is 4.79 Å². The van der Waals surface area contributed by atoms with Gasteiger partial charge < -0.3 is 21.5 Å². The maximum atomic E-state index is 11.2. The summed E-state index contributed by atoms with van der Waals surface area (Å²) in [6.45, 7) is 0. The molecular weight excluding hydrogens is 214 g/mol. The number of hydrogen-bond donors (Lipinski definition) is 3. The van der Waals surface area contributed by atoms with E-state index >= 15 is 0 Å². The van der Waals surface area contributed by atoms with Crippen LogP contribution in [0.25, 0.3) is 0 Å². The van der Waals surface area contributed by atoms with E-state index in [0.29, 0.717) is 6.42 Å². The lowest BCUT2D eigenvalue weighted by molar-refractivity contribution is -0.125. The summed E-state index contributed by atoms with van der Waals surface area (Å²) in [7, 11) is 1.55. The van der Waals surface area contributed by atoms with E-state index in [2.05, 4.69) is 5.32 Å². The van der Waals surface area contributed by atoms with Crippen molar-refractivity contribution in [3.05, 3.63) is 12.2 Å². The van der Waals surface area contributed by atoms with Gasteiger partial charge in [-0.1, -0.05) is 12.2 Å². The molecule has 1 aliphatic rings. The molecule has 0 aliphatic heterocycles. The Hall–Kier alpha value is -1.14. The van der Waals surface area contributed by atoms with Gasteiger partial charge in [0.15, 0.2) is 5.11 Å². The number of nitrogens with two attached hydrogens (primary N) is 2. The number of rotatable bonds is 3. The number of methoxy groups -OCH3 is 1. The minimum absolute atomic E-state index is 0.0496. The number of thiocarbonyl (C=S) groups is 1. The van der Waals surface area contributed by atoms with Gasteiger partial charge in [-0.2, -0.15) is 0 Å². The zero-order valence-corrected chi connectivity index (χ0v) is 9.29. The maximum Gasteiger partial charge on any atom is 0.223 e. The van der Waals surface area contributed by atoms with Gasteiger partial charge >= 0.3 is 0 Å². The van der Waals surface area contributed by atoms with Crippen molar-refractivity contribution in [3.63, 3.8) is 0 Å². The van der Waals surface area contributed by atoms with E-state index in [1.165, 1.54) is 0 Å². The molecule has 0 heterocycles. The Labute approximate surface area is 93.8 Å². The lowest BCUT2D eigenvalue weighted by atomic mass is 9.88. The molecule has 0 saturated heterocycles. The van der Waals surface area contributed by atoms with Crippen LogP contribution in [0, 0.1) is 5.92 Å². The first-order valence-electron chi connectivity index (χ1n) is 4.61. The van der Waals surface area contributed by atoms with E-state index in [-0.39, 0.29) is 29.1 Å². The van der Waals surface area contributed by atoms with Crippen LogP contribution in [0.2, 0.25) is 0 Å². The Morgan fingerprint density at radius 3 is 2.67 bits per heavy atom. The number of amides is 1. The molecule has 0 aromatic heterocycles. The summed E-state index contributed by atoms with van der Waals surface area (Å²) >= 11 is 4.72. The summed E-state index contributed by atoms with van der Waals surface area (Å²) < 4.78 is 5.14. The highest BCUT2D eigenvalue weighted by Gasteiger charge is 2.30. The second-order valence-corrected chi connectivity index (χ2v) is 3.88. The third-order valence-electron chi connectivity index (χ3n) is 2.40. The summed E-state index contributed by atoms with van der Waals surface area (Å²) in [6, 6.07) is -0.0496. The van der Waals surface area contributed by atoms with Gasteiger partial charge in [0.05, 0.1) is 12.0 Å². The largest absolute Gasteiger partial charge is 0.377 e. The minimum Gasteiger partial charge on any atom is -0.377 e. The summed E-state index contributed by atoms with van der Waals surface area (Å²) in [5, 5.41) is 3.08. The average molecular weight is 229 g/mol. The van der Waals surface area contributed by atoms with Crippen molar-refractivity contribution >= 4 is 23.2 Å². The molecule has 6 heteroatoms. The highest BCUT2D eigenvalue weighted by Crippen LogP contribution is 2.21. The van der Waals surface area contributed by atoms with Crippen molar-refractivity contribution in [2.24, 2.45) is 17.4 Å². The predicted octanol–water partition coefficient (Wildman–Crippen LogP) is -0.735. The van der Waals surface area contributed by atoms with Crippen LogP contribution in [0.3, 0.4) is 0 Å². The second-order valence-electron chi connectivity index (χ2n) is 3.44. The molecule has 3 unspecified atom stereocenters. The van der Waals surface area contributed by atoms with Crippen molar-refractivity contribution < 1.29 is 9.53 Å². The first-order chi connectivity index (χ1) is 7.04. The van der Waals surface area contributed by atoms with E-state index in [9.17, 15) is 4.79 Å². The van der Waals surface area contributed by atoms with E-state index in [1.807, 2.05) is 6.08 Å². The van der Waals surface area contributed by atoms with Gasteiger partial charge in [-0.25, -0.2) is 0 Å². The molecule has 0 saturated carbocycles. The monoisotopic (exact) mass is 229 g/mol. The first-order valence-corrected chi connectivity index (χ1v) is 5.01. The lowest BCUT2D eigenvalue weighted by Gasteiger charge is -2.29. The Kier molecular flexibility index (Phi) is 4.05. The number of nitrogens with one attached hydrogen (secondary N) is 1. The predicted molar refractivity (Wildman–Crippen MR) is 60.9 cm³/mol.